The molecular formula is C30H36O10S. The average Bonchev–Trinajstić information content (AvgIpc) is 3.70. The van der Waals surface area contributed by atoms with Gasteiger partial charge in [-0.15, -0.1) is 0 Å². The summed E-state index contributed by atoms with van der Waals surface area (Å²) in [5.74, 6) is 0.0260. The Morgan fingerprint density at radius 2 is 1.95 bits per heavy atom. The monoisotopic (exact) mass is 588 g/mol. The number of Topliss-reactive ketones (excluding diaryl/α,β-unsaturated/α-hetero) is 1. The molecule has 0 amide bonds. The second-order valence-electron chi connectivity index (χ2n) is 11.4. The van der Waals surface area contributed by atoms with Crippen LogP contribution in [0.5, 0.6) is 17.2 Å². The highest BCUT2D eigenvalue weighted by atomic mass is 32.1. The van der Waals surface area contributed by atoms with Crippen molar-refractivity contribution in [1.29, 1.82) is 0 Å². The minimum absolute atomic E-state index is 0.108. The highest BCUT2D eigenvalue weighted by Gasteiger charge is 2.77. The van der Waals surface area contributed by atoms with Crippen LogP contribution in [0.1, 0.15) is 58.8 Å². The van der Waals surface area contributed by atoms with Gasteiger partial charge in [0.25, 0.3) is 5.79 Å². The number of carbonyl (C=O) groups is 1. The minimum Gasteiger partial charge on any atom is -0.506 e. The van der Waals surface area contributed by atoms with E-state index in [1.807, 2.05) is 13.0 Å². The molecule has 4 aliphatic heterocycles. The van der Waals surface area contributed by atoms with Crippen molar-refractivity contribution in [3.8, 4) is 17.2 Å². The van der Waals surface area contributed by atoms with Crippen LogP contribution in [0.25, 0.3) is 10.8 Å². The van der Waals surface area contributed by atoms with Crippen molar-refractivity contribution in [3.63, 3.8) is 0 Å². The molecule has 11 heteroatoms. The zero-order chi connectivity index (χ0) is 28.4. The zero-order valence-corrected chi connectivity index (χ0v) is 24.3. The predicted octanol–water partition coefficient (Wildman–Crippen LogP) is 3.80. The number of aryl methyl sites for hydroxylation is 1. The van der Waals surface area contributed by atoms with Gasteiger partial charge in [0.05, 0.1) is 57.7 Å². The molecule has 7 rings (SSSR count). The molecular weight excluding hydrogens is 552 g/mol. The van der Waals surface area contributed by atoms with E-state index in [2.05, 4.69) is 12.6 Å². The first-order valence-electron chi connectivity index (χ1n) is 14.4. The molecule has 2 aromatic carbocycles. The van der Waals surface area contributed by atoms with Gasteiger partial charge in [-0.2, -0.15) is 12.6 Å². The number of ether oxygens (including phenoxy) is 8. The molecule has 10 nitrogen and oxygen atoms in total. The van der Waals surface area contributed by atoms with Crippen LogP contribution in [0, 0.1) is 6.92 Å². The smallest absolute Gasteiger partial charge is 0.273 e. The maximum atomic E-state index is 13.1. The van der Waals surface area contributed by atoms with Crippen LogP contribution in [-0.2, 0) is 34.8 Å². The number of hydrogen-bond donors (Lipinski definition) is 2. The van der Waals surface area contributed by atoms with Crippen LogP contribution in [0.2, 0.25) is 0 Å². The maximum absolute atomic E-state index is 13.1. The van der Waals surface area contributed by atoms with Crippen LogP contribution in [0.15, 0.2) is 6.07 Å². The summed E-state index contributed by atoms with van der Waals surface area (Å²) >= 11 is 4.36. The van der Waals surface area contributed by atoms with Crippen LogP contribution < -0.4 is 9.47 Å². The average molecular weight is 589 g/mol. The molecule has 4 atom stereocenters. The number of phenols is 1. The van der Waals surface area contributed by atoms with E-state index in [4.69, 9.17) is 37.9 Å². The summed E-state index contributed by atoms with van der Waals surface area (Å²) in [6, 6.07) is 1.96. The Morgan fingerprint density at radius 1 is 1.15 bits per heavy atom. The summed E-state index contributed by atoms with van der Waals surface area (Å²) in [6.45, 7) is 4.36. The summed E-state index contributed by atoms with van der Waals surface area (Å²) in [7, 11) is 1.59. The molecule has 2 aromatic rings. The molecule has 3 saturated heterocycles. The number of aromatic hydroxyl groups is 1. The number of thiol groups is 1. The van der Waals surface area contributed by atoms with E-state index in [0.29, 0.717) is 91.3 Å². The second kappa shape index (κ2) is 10.6. The Balaban J connectivity index is 1.44. The predicted molar refractivity (Wildman–Crippen MR) is 149 cm³/mol. The first kappa shape index (κ1) is 27.7. The van der Waals surface area contributed by atoms with Crippen LogP contribution in [0.3, 0.4) is 0 Å². The van der Waals surface area contributed by atoms with Gasteiger partial charge in [-0.05, 0) is 50.0 Å². The molecule has 41 heavy (non-hydrogen) atoms. The maximum Gasteiger partial charge on any atom is 0.273 e. The Hall–Kier alpha value is -2.12. The number of hydrogen-bond acceptors (Lipinski definition) is 11. The molecule has 0 saturated carbocycles. The standard InChI is InChI=1S/C30H36O10S/c1-16-12-18-23(24(32)22-17(25(18)33-2)6-3-7-19(22)31)26-21(16)27(36-13-20-34-8-4-9-35-20)28-30(40-26,38-10-5-11-41)29(14-37-28)15-39-29/h12,20,27-28,32,41H,3-11,13-15H2,1-2H3/t27-,28-,29-,30+/m0/s1. The Kier molecular flexibility index (Phi) is 7.13. The Bertz CT molecular complexity index is 1370. The normalized spacial score (nSPS) is 30.7. The number of phenolic OH excluding ortho intramolecular Hbond substituents is 1. The third kappa shape index (κ3) is 4.19. The topological polar surface area (TPSA) is 114 Å². The van der Waals surface area contributed by atoms with Crippen LogP contribution in [0.4, 0.5) is 0 Å². The summed E-state index contributed by atoms with van der Waals surface area (Å²) in [5.41, 5.74) is 1.78. The molecule has 0 radical (unpaired) electrons. The molecule has 222 valence electrons. The number of rotatable bonds is 8. The number of ketones is 1. The highest BCUT2D eigenvalue weighted by Crippen LogP contribution is 2.61. The van der Waals surface area contributed by atoms with E-state index in [1.165, 1.54) is 0 Å². The number of fused-ring (bicyclic) bond motifs is 6. The fourth-order valence-electron chi connectivity index (χ4n) is 6.87. The van der Waals surface area contributed by atoms with Crippen molar-refractivity contribution in [3.05, 3.63) is 28.3 Å². The summed E-state index contributed by atoms with van der Waals surface area (Å²) in [6.07, 6.45) is 1.39. The van der Waals surface area contributed by atoms with Gasteiger partial charge in [0.2, 0.25) is 0 Å². The molecule has 0 unspecified atom stereocenters. The lowest BCUT2D eigenvalue weighted by molar-refractivity contribution is -0.276. The molecule has 5 aliphatic rings. The lowest BCUT2D eigenvalue weighted by Gasteiger charge is -2.45. The molecule has 0 bridgehead atoms. The van der Waals surface area contributed by atoms with Gasteiger partial charge in [0, 0.05) is 22.9 Å². The lowest BCUT2D eigenvalue weighted by atomic mass is 9.81. The highest BCUT2D eigenvalue weighted by molar-refractivity contribution is 7.80. The Labute approximate surface area is 243 Å². The van der Waals surface area contributed by atoms with Crippen molar-refractivity contribution in [2.45, 2.75) is 68.9 Å². The first-order valence-corrected chi connectivity index (χ1v) is 15.0. The van der Waals surface area contributed by atoms with Gasteiger partial charge < -0.3 is 43.0 Å². The van der Waals surface area contributed by atoms with Gasteiger partial charge in [-0.25, -0.2) is 0 Å². The number of benzene rings is 2. The van der Waals surface area contributed by atoms with Gasteiger partial charge in [-0.3, -0.25) is 4.79 Å². The van der Waals surface area contributed by atoms with E-state index in [1.54, 1.807) is 7.11 Å². The SMILES string of the molecule is COc1c2c(c(O)c3c4c(c(C)cc13)[C@H](OCC1OCCCO1)[C@@H]1OC[C@]3(CO3)[C@]1(OCCCS)O4)C(=O)CCC2. The van der Waals surface area contributed by atoms with Crippen molar-refractivity contribution in [1.82, 2.24) is 0 Å². The quantitative estimate of drug-likeness (QED) is 0.268. The lowest BCUT2D eigenvalue weighted by Crippen LogP contribution is -2.61. The van der Waals surface area contributed by atoms with Crippen molar-refractivity contribution in [2.24, 2.45) is 0 Å². The molecule has 4 heterocycles. The van der Waals surface area contributed by atoms with Gasteiger partial charge >= 0.3 is 0 Å². The molecule has 3 fully saturated rings. The van der Waals surface area contributed by atoms with Crippen molar-refractivity contribution < 1.29 is 47.8 Å². The first-order chi connectivity index (χ1) is 19.9. The number of carbonyl (C=O) groups excluding carboxylic acids is 1. The summed E-state index contributed by atoms with van der Waals surface area (Å²) in [5, 5.41) is 12.9. The largest absolute Gasteiger partial charge is 0.506 e. The third-order valence-corrected chi connectivity index (χ3v) is 9.19. The molecule has 1 spiro atoms. The third-order valence-electron chi connectivity index (χ3n) is 8.87. The van der Waals surface area contributed by atoms with E-state index in [9.17, 15) is 9.90 Å². The summed E-state index contributed by atoms with van der Waals surface area (Å²) in [4.78, 5) is 13.1. The molecule has 0 aromatic heterocycles. The fraction of sp³-hybridized carbons (Fsp3) is 0.633. The van der Waals surface area contributed by atoms with Crippen LogP contribution in [-0.4, -0.2) is 87.2 Å². The number of epoxide rings is 1. The van der Waals surface area contributed by atoms with Crippen molar-refractivity contribution in [2.75, 3.05) is 52.5 Å². The number of methoxy groups -OCH3 is 1. The Morgan fingerprint density at radius 3 is 2.68 bits per heavy atom. The summed E-state index contributed by atoms with van der Waals surface area (Å²) < 4.78 is 49.9. The zero-order valence-electron chi connectivity index (χ0n) is 23.4. The fourth-order valence-corrected chi connectivity index (χ4v) is 7.00. The molecule has 1 aliphatic carbocycles. The second-order valence-corrected chi connectivity index (χ2v) is 11.8. The van der Waals surface area contributed by atoms with E-state index >= 15 is 0 Å². The van der Waals surface area contributed by atoms with Gasteiger partial charge in [-0.1, -0.05) is 0 Å². The van der Waals surface area contributed by atoms with E-state index in [-0.39, 0.29) is 24.7 Å². The van der Waals surface area contributed by atoms with Crippen molar-refractivity contribution >= 4 is 29.2 Å². The van der Waals surface area contributed by atoms with Gasteiger partial charge in [0.1, 0.15) is 23.4 Å². The van der Waals surface area contributed by atoms with Gasteiger partial charge in [0.15, 0.2) is 23.8 Å². The minimum atomic E-state index is -1.35. The van der Waals surface area contributed by atoms with Crippen LogP contribution >= 0.6 is 12.6 Å². The molecule has 1 N–H and O–H groups in total. The van der Waals surface area contributed by atoms with E-state index in [0.717, 1.165) is 17.5 Å². The van der Waals surface area contributed by atoms with E-state index < -0.39 is 29.9 Å².